The van der Waals surface area contributed by atoms with Crippen molar-refractivity contribution in [3.63, 3.8) is 0 Å². The number of anilines is 1. The second kappa shape index (κ2) is 6.95. The summed E-state index contributed by atoms with van der Waals surface area (Å²) in [6.45, 7) is -0.477. The van der Waals surface area contributed by atoms with E-state index in [-0.39, 0.29) is 23.6 Å². The molecule has 134 valence electrons. The van der Waals surface area contributed by atoms with E-state index in [1.807, 2.05) is 0 Å². The van der Waals surface area contributed by atoms with Gasteiger partial charge >= 0.3 is 5.97 Å². The molecule has 1 aliphatic rings. The lowest BCUT2D eigenvalue weighted by molar-refractivity contribution is -0.117. The van der Waals surface area contributed by atoms with Crippen molar-refractivity contribution in [2.24, 2.45) is 0 Å². The lowest BCUT2D eigenvalue weighted by Gasteiger charge is -2.10. The van der Waals surface area contributed by atoms with Gasteiger partial charge in [0.05, 0.1) is 19.1 Å². The number of carbonyl (C=O) groups excluding carboxylic acids is 3. The van der Waals surface area contributed by atoms with Crippen molar-refractivity contribution in [2.75, 3.05) is 25.7 Å². The first-order valence-corrected chi connectivity index (χ1v) is 7.84. The fourth-order valence-corrected chi connectivity index (χ4v) is 2.73. The summed E-state index contributed by atoms with van der Waals surface area (Å²) in [5.74, 6) is -1.94. The third kappa shape index (κ3) is 3.28. The van der Waals surface area contributed by atoms with Crippen molar-refractivity contribution in [2.45, 2.75) is 6.42 Å². The Labute approximate surface area is 149 Å². The number of hydrogen-bond acceptors (Lipinski definition) is 5. The number of fused-ring (bicyclic) bond motifs is 1. The number of amides is 1. The van der Waals surface area contributed by atoms with Crippen LogP contribution >= 0.6 is 0 Å². The van der Waals surface area contributed by atoms with Crippen molar-refractivity contribution in [3.05, 3.63) is 58.9 Å². The maximum Gasteiger partial charge on any atom is 0.338 e. The fraction of sp³-hybridized carbons (Fsp3) is 0.211. The van der Waals surface area contributed by atoms with Gasteiger partial charge in [-0.25, -0.2) is 9.18 Å². The first kappa shape index (κ1) is 17.6. The molecule has 6 nitrogen and oxygen atoms in total. The van der Waals surface area contributed by atoms with Gasteiger partial charge in [-0.05, 0) is 42.0 Å². The molecule has 2 aromatic carbocycles. The van der Waals surface area contributed by atoms with Gasteiger partial charge in [-0.2, -0.15) is 0 Å². The van der Waals surface area contributed by atoms with E-state index in [4.69, 9.17) is 9.47 Å². The maximum atomic E-state index is 13.6. The predicted octanol–water partition coefficient (Wildman–Crippen LogP) is 2.39. The maximum absolute atomic E-state index is 13.6. The molecule has 0 N–H and O–H groups in total. The van der Waals surface area contributed by atoms with Crippen LogP contribution in [-0.4, -0.2) is 38.4 Å². The number of esters is 1. The van der Waals surface area contributed by atoms with Gasteiger partial charge in [-0.15, -0.1) is 0 Å². The molecule has 0 unspecified atom stereocenters. The van der Waals surface area contributed by atoms with Crippen LogP contribution in [-0.2, 0) is 16.0 Å². The van der Waals surface area contributed by atoms with Crippen molar-refractivity contribution >= 4 is 23.3 Å². The van der Waals surface area contributed by atoms with Crippen LogP contribution in [0.1, 0.15) is 26.3 Å². The number of benzene rings is 2. The molecule has 2 aromatic rings. The molecule has 0 aromatic heterocycles. The summed E-state index contributed by atoms with van der Waals surface area (Å²) >= 11 is 0. The summed E-state index contributed by atoms with van der Waals surface area (Å²) < 4.78 is 23.4. The van der Waals surface area contributed by atoms with E-state index in [0.717, 1.165) is 17.3 Å². The lowest BCUT2D eigenvalue weighted by atomic mass is 10.1. The summed E-state index contributed by atoms with van der Waals surface area (Å²) in [7, 11) is 2.99. The summed E-state index contributed by atoms with van der Waals surface area (Å²) in [5, 5.41) is 0. The average Bonchev–Trinajstić information content (AvgIpc) is 2.92. The Bertz CT molecular complexity index is 909. The van der Waals surface area contributed by atoms with Gasteiger partial charge in [0.25, 0.3) is 0 Å². The van der Waals surface area contributed by atoms with E-state index in [1.165, 1.54) is 24.1 Å². The summed E-state index contributed by atoms with van der Waals surface area (Å²) in [6.07, 6.45) is 0.234. The van der Waals surface area contributed by atoms with Gasteiger partial charge in [-0.1, -0.05) is 0 Å². The summed E-state index contributed by atoms with van der Waals surface area (Å²) in [6, 6.07) is 8.54. The molecule has 0 spiro atoms. The highest BCUT2D eigenvalue weighted by atomic mass is 19.1. The van der Waals surface area contributed by atoms with Crippen LogP contribution in [0.3, 0.4) is 0 Å². The Balaban J connectivity index is 1.66. The molecular formula is C19H16FNO5. The topological polar surface area (TPSA) is 72.9 Å². The molecule has 0 radical (unpaired) electrons. The number of rotatable bonds is 5. The molecular weight excluding hydrogens is 341 g/mol. The molecule has 3 rings (SSSR count). The molecule has 0 atom stereocenters. The van der Waals surface area contributed by atoms with E-state index < -0.39 is 24.2 Å². The van der Waals surface area contributed by atoms with Gasteiger partial charge < -0.3 is 14.4 Å². The number of methoxy groups -OCH3 is 1. The third-order valence-electron chi connectivity index (χ3n) is 4.20. The highest BCUT2D eigenvalue weighted by Gasteiger charge is 2.25. The molecule has 0 bridgehead atoms. The number of halogens is 1. The zero-order valence-corrected chi connectivity index (χ0v) is 14.2. The lowest BCUT2D eigenvalue weighted by Crippen LogP contribution is -2.20. The second-order valence-electron chi connectivity index (χ2n) is 5.82. The number of ketones is 1. The minimum atomic E-state index is -0.809. The second-order valence-corrected chi connectivity index (χ2v) is 5.82. The van der Waals surface area contributed by atoms with Crippen molar-refractivity contribution in [1.82, 2.24) is 0 Å². The normalized spacial score (nSPS) is 12.7. The first-order valence-electron chi connectivity index (χ1n) is 7.84. The fourth-order valence-electron chi connectivity index (χ4n) is 2.73. The number of ether oxygens (including phenoxy) is 2. The first-order chi connectivity index (χ1) is 12.4. The monoisotopic (exact) mass is 357 g/mol. The van der Waals surface area contributed by atoms with E-state index in [9.17, 15) is 18.8 Å². The standard InChI is InChI=1S/C19H16FNO5/c1-21-15-5-3-11(7-13(15)9-18(21)23)16(22)10-26-19(24)12-4-6-17(25-2)14(20)8-12/h3-8H,9-10H2,1-2H3. The Morgan fingerprint density at radius 3 is 2.58 bits per heavy atom. The smallest absolute Gasteiger partial charge is 0.338 e. The SMILES string of the molecule is COc1ccc(C(=O)OCC(=O)c2ccc3c(c2)CC(=O)N3C)cc1F. The Kier molecular flexibility index (Phi) is 4.71. The highest BCUT2D eigenvalue weighted by Crippen LogP contribution is 2.28. The number of nitrogens with zero attached hydrogens (tertiary/aromatic N) is 1. The van der Waals surface area contributed by atoms with Gasteiger partial charge in [-0.3, -0.25) is 9.59 Å². The number of carbonyl (C=O) groups is 3. The number of Topliss-reactive ketones (excluding diaryl/α,β-unsaturated/α-hetero) is 1. The van der Waals surface area contributed by atoms with Crippen molar-refractivity contribution in [3.8, 4) is 5.75 Å². The minimum Gasteiger partial charge on any atom is -0.494 e. The van der Waals surface area contributed by atoms with E-state index in [0.29, 0.717) is 5.56 Å². The zero-order valence-electron chi connectivity index (χ0n) is 14.2. The van der Waals surface area contributed by atoms with Gasteiger partial charge in [0.2, 0.25) is 5.91 Å². The van der Waals surface area contributed by atoms with Gasteiger partial charge in [0, 0.05) is 18.3 Å². The van der Waals surface area contributed by atoms with E-state index >= 15 is 0 Å². The highest BCUT2D eigenvalue weighted by molar-refractivity contribution is 6.04. The van der Waals surface area contributed by atoms with Gasteiger partial charge in [0.1, 0.15) is 0 Å². The van der Waals surface area contributed by atoms with Crippen LogP contribution in [0.2, 0.25) is 0 Å². The molecule has 0 fully saturated rings. The van der Waals surface area contributed by atoms with Crippen molar-refractivity contribution < 1.29 is 28.2 Å². The molecule has 1 amide bonds. The molecule has 0 saturated heterocycles. The quantitative estimate of drug-likeness (QED) is 0.607. The predicted molar refractivity (Wildman–Crippen MR) is 91.1 cm³/mol. The minimum absolute atomic E-state index is 0.00952. The Morgan fingerprint density at radius 2 is 1.88 bits per heavy atom. The number of hydrogen-bond donors (Lipinski definition) is 0. The molecule has 0 aliphatic carbocycles. The van der Waals surface area contributed by atoms with Crippen LogP contribution in [0, 0.1) is 5.82 Å². The summed E-state index contributed by atoms with van der Waals surface area (Å²) in [5.41, 5.74) is 1.85. The van der Waals surface area contributed by atoms with Crippen LogP contribution < -0.4 is 9.64 Å². The third-order valence-corrected chi connectivity index (χ3v) is 4.20. The van der Waals surface area contributed by atoms with Crippen LogP contribution in [0.15, 0.2) is 36.4 Å². The summed E-state index contributed by atoms with van der Waals surface area (Å²) in [4.78, 5) is 37.4. The van der Waals surface area contributed by atoms with Crippen LogP contribution in [0.25, 0.3) is 0 Å². The molecule has 0 saturated carbocycles. The Morgan fingerprint density at radius 1 is 1.15 bits per heavy atom. The van der Waals surface area contributed by atoms with E-state index in [2.05, 4.69) is 0 Å². The number of likely N-dealkylation sites (N-methyl/N-ethyl adjacent to an activating group) is 1. The van der Waals surface area contributed by atoms with Crippen molar-refractivity contribution in [1.29, 1.82) is 0 Å². The zero-order chi connectivity index (χ0) is 18.8. The average molecular weight is 357 g/mol. The Hall–Kier alpha value is -3.22. The van der Waals surface area contributed by atoms with E-state index in [1.54, 1.807) is 25.2 Å². The molecule has 26 heavy (non-hydrogen) atoms. The largest absolute Gasteiger partial charge is 0.494 e. The van der Waals surface area contributed by atoms with Crippen LogP contribution in [0.5, 0.6) is 5.75 Å². The molecule has 1 heterocycles. The van der Waals surface area contributed by atoms with Gasteiger partial charge in [0.15, 0.2) is 24.0 Å². The molecule has 1 aliphatic heterocycles. The van der Waals surface area contributed by atoms with Crippen LogP contribution in [0.4, 0.5) is 10.1 Å². The molecule has 7 heteroatoms.